The first kappa shape index (κ1) is 16.1. The molecule has 1 saturated heterocycles. The van der Waals surface area contributed by atoms with Crippen LogP contribution in [0.5, 0.6) is 11.5 Å². The molecule has 0 bridgehead atoms. The second kappa shape index (κ2) is 8.90. The summed E-state index contributed by atoms with van der Waals surface area (Å²) in [4.78, 5) is 0. The second-order valence-electron chi connectivity index (χ2n) is 5.38. The lowest BCUT2D eigenvalue weighted by molar-refractivity contribution is 0.158. The van der Waals surface area contributed by atoms with Crippen molar-refractivity contribution in [2.24, 2.45) is 5.92 Å². The van der Waals surface area contributed by atoms with Crippen molar-refractivity contribution in [3.8, 4) is 11.5 Å². The average molecular weight is 293 g/mol. The molecule has 1 heterocycles. The van der Waals surface area contributed by atoms with Gasteiger partial charge in [-0.05, 0) is 38.4 Å². The molecule has 0 radical (unpaired) electrons. The summed E-state index contributed by atoms with van der Waals surface area (Å²) in [7, 11) is 0. The maximum atomic E-state index is 6.02. The Morgan fingerprint density at radius 2 is 2.00 bits per heavy atom. The van der Waals surface area contributed by atoms with Crippen molar-refractivity contribution < 1.29 is 14.2 Å². The molecule has 21 heavy (non-hydrogen) atoms. The molecule has 2 unspecified atom stereocenters. The van der Waals surface area contributed by atoms with Gasteiger partial charge in [0.15, 0.2) is 11.5 Å². The van der Waals surface area contributed by atoms with Crippen LogP contribution in [0.3, 0.4) is 0 Å². The first-order valence-corrected chi connectivity index (χ1v) is 8.00. The highest BCUT2D eigenvalue weighted by molar-refractivity contribution is 5.39. The highest BCUT2D eigenvalue weighted by Crippen LogP contribution is 2.27. The van der Waals surface area contributed by atoms with Gasteiger partial charge in [-0.25, -0.2) is 0 Å². The van der Waals surface area contributed by atoms with E-state index in [9.17, 15) is 0 Å². The molecule has 2 rings (SSSR count). The van der Waals surface area contributed by atoms with Crippen molar-refractivity contribution in [2.45, 2.75) is 32.7 Å². The van der Waals surface area contributed by atoms with Crippen molar-refractivity contribution in [2.75, 3.05) is 33.0 Å². The third-order valence-electron chi connectivity index (χ3n) is 3.76. The Bertz CT molecular complexity index is 405. The van der Waals surface area contributed by atoms with Gasteiger partial charge in [0.25, 0.3) is 0 Å². The van der Waals surface area contributed by atoms with Crippen LogP contribution in [-0.2, 0) is 4.74 Å². The van der Waals surface area contributed by atoms with E-state index in [1.165, 1.54) is 0 Å². The van der Waals surface area contributed by atoms with Crippen LogP contribution in [0.15, 0.2) is 24.3 Å². The molecule has 1 aromatic rings. The fourth-order valence-corrected chi connectivity index (χ4v) is 2.59. The van der Waals surface area contributed by atoms with Gasteiger partial charge in [-0.3, -0.25) is 0 Å². The lowest BCUT2D eigenvalue weighted by Gasteiger charge is -2.24. The molecule has 0 aromatic heterocycles. The van der Waals surface area contributed by atoms with Gasteiger partial charge < -0.3 is 19.5 Å². The Hall–Kier alpha value is -1.26. The Morgan fingerprint density at radius 3 is 2.62 bits per heavy atom. The molecule has 4 heteroatoms. The van der Waals surface area contributed by atoms with Gasteiger partial charge in [0, 0.05) is 18.6 Å². The highest BCUT2D eigenvalue weighted by Gasteiger charge is 2.26. The molecule has 118 valence electrons. The van der Waals surface area contributed by atoms with Crippen molar-refractivity contribution in [3.63, 3.8) is 0 Å². The zero-order valence-electron chi connectivity index (χ0n) is 13.1. The summed E-state index contributed by atoms with van der Waals surface area (Å²) in [5.41, 5.74) is 0. The van der Waals surface area contributed by atoms with Crippen LogP contribution >= 0.6 is 0 Å². The maximum absolute atomic E-state index is 6.02. The smallest absolute Gasteiger partial charge is 0.161 e. The molecule has 4 nitrogen and oxygen atoms in total. The molecule has 1 aliphatic heterocycles. The predicted molar refractivity (Wildman–Crippen MR) is 84.1 cm³/mol. The standard InChI is InChI=1S/C17H27NO3/c1-3-10-18-15(14-9-11-19-12-14)13-21-17-8-6-5-7-16(17)20-4-2/h5-8,14-15,18H,3-4,9-13H2,1-2H3. The van der Waals surface area contributed by atoms with Crippen LogP contribution in [0.2, 0.25) is 0 Å². The number of ether oxygens (including phenoxy) is 3. The Balaban J connectivity index is 1.93. The lowest BCUT2D eigenvalue weighted by Crippen LogP contribution is -2.41. The first-order valence-electron chi connectivity index (χ1n) is 8.00. The van der Waals surface area contributed by atoms with Crippen molar-refractivity contribution >= 4 is 0 Å². The minimum absolute atomic E-state index is 0.335. The highest BCUT2D eigenvalue weighted by atomic mass is 16.5. The van der Waals surface area contributed by atoms with Gasteiger partial charge in [-0.1, -0.05) is 19.1 Å². The molecule has 1 aromatic carbocycles. The van der Waals surface area contributed by atoms with Crippen molar-refractivity contribution in [1.82, 2.24) is 5.32 Å². The number of rotatable bonds is 9. The normalized spacial score (nSPS) is 19.4. The van der Waals surface area contributed by atoms with Crippen LogP contribution in [0.1, 0.15) is 26.7 Å². The van der Waals surface area contributed by atoms with Gasteiger partial charge >= 0.3 is 0 Å². The monoisotopic (exact) mass is 293 g/mol. The molecule has 0 amide bonds. The van der Waals surface area contributed by atoms with Crippen LogP contribution in [-0.4, -0.2) is 39.0 Å². The Labute approximate surface area is 127 Å². The quantitative estimate of drug-likeness (QED) is 0.760. The number of nitrogens with one attached hydrogen (secondary N) is 1. The number of hydrogen-bond donors (Lipinski definition) is 1. The molecule has 1 N–H and O–H groups in total. The summed E-state index contributed by atoms with van der Waals surface area (Å²) < 4.78 is 17.1. The summed E-state index contributed by atoms with van der Waals surface area (Å²) in [6, 6.07) is 8.20. The van der Waals surface area contributed by atoms with Gasteiger partial charge in [0.05, 0.1) is 13.2 Å². The summed E-state index contributed by atoms with van der Waals surface area (Å²) >= 11 is 0. The zero-order valence-corrected chi connectivity index (χ0v) is 13.1. The van der Waals surface area contributed by atoms with E-state index >= 15 is 0 Å². The average Bonchev–Trinajstić information content (AvgIpc) is 3.03. The predicted octanol–water partition coefficient (Wildman–Crippen LogP) is 2.87. The maximum Gasteiger partial charge on any atom is 0.161 e. The largest absolute Gasteiger partial charge is 0.490 e. The number of para-hydroxylation sites is 2. The zero-order chi connectivity index (χ0) is 14.9. The molecular weight excluding hydrogens is 266 g/mol. The summed E-state index contributed by atoms with van der Waals surface area (Å²) in [5, 5.41) is 3.59. The van der Waals surface area contributed by atoms with E-state index < -0.39 is 0 Å². The van der Waals surface area contributed by atoms with Crippen molar-refractivity contribution in [1.29, 1.82) is 0 Å². The second-order valence-corrected chi connectivity index (χ2v) is 5.38. The van der Waals surface area contributed by atoms with E-state index in [4.69, 9.17) is 14.2 Å². The van der Waals surface area contributed by atoms with Crippen LogP contribution in [0.4, 0.5) is 0 Å². The fraction of sp³-hybridized carbons (Fsp3) is 0.647. The Kier molecular flexibility index (Phi) is 6.83. The Morgan fingerprint density at radius 1 is 1.24 bits per heavy atom. The van der Waals surface area contributed by atoms with E-state index in [0.717, 1.165) is 44.1 Å². The first-order chi connectivity index (χ1) is 10.3. The van der Waals surface area contributed by atoms with E-state index in [0.29, 0.717) is 25.2 Å². The van der Waals surface area contributed by atoms with E-state index in [2.05, 4.69) is 12.2 Å². The third-order valence-corrected chi connectivity index (χ3v) is 3.76. The van der Waals surface area contributed by atoms with Gasteiger partial charge in [0.2, 0.25) is 0 Å². The molecule has 0 saturated carbocycles. The van der Waals surface area contributed by atoms with Crippen LogP contribution < -0.4 is 14.8 Å². The van der Waals surface area contributed by atoms with E-state index in [1.807, 2.05) is 31.2 Å². The van der Waals surface area contributed by atoms with E-state index in [1.54, 1.807) is 0 Å². The van der Waals surface area contributed by atoms with Gasteiger partial charge in [0.1, 0.15) is 6.61 Å². The molecular formula is C17H27NO3. The minimum atomic E-state index is 0.335. The van der Waals surface area contributed by atoms with Crippen LogP contribution in [0.25, 0.3) is 0 Å². The topological polar surface area (TPSA) is 39.7 Å². The number of hydrogen-bond acceptors (Lipinski definition) is 4. The molecule has 1 aliphatic rings. The molecule has 0 aliphatic carbocycles. The number of benzene rings is 1. The van der Waals surface area contributed by atoms with Gasteiger partial charge in [-0.2, -0.15) is 0 Å². The lowest BCUT2D eigenvalue weighted by atomic mass is 9.99. The van der Waals surface area contributed by atoms with Crippen molar-refractivity contribution in [3.05, 3.63) is 24.3 Å². The summed E-state index contributed by atoms with van der Waals surface area (Å²) in [6.45, 7) is 8.17. The molecule has 0 spiro atoms. The summed E-state index contributed by atoms with van der Waals surface area (Å²) in [6.07, 6.45) is 2.23. The molecule has 2 atom stereocenters. The fourth-order valence-electron chi connectivity index (χ4n) is 2.59. The van der Waals surface area contributed by atoms with Crippen LogP contribution in [0, 0.1) is 5.92 Å². The minimum Gasteiger partial charge on any atom is -0.490 e. The molecule has 1 fully saturated rings. The summed E-state index contributed by atoms with van der Waals surface area (Å²) in [5.74, 6) is 2.18. The SMILES string of the molecule is CCCNC(COc1ccccc1OCC)C1CCOC1. The van der Waals surface area contributed by atoms with E-state index in [-0.39, 0.29) is 0 Å². The third kappa shape index (κ3) is 4.90. The van der Waals surface area contributed by atoms with Gasteiger partial charge in [-0.15, -0.1) is 0 Å².